The van der Waals surface area contributed by atoms with Crippen molar-refractivity contribution in [3.05, 3.63) is 47.2 Å². The number of hydrogen-bond donors (Lipinski definition) is 3. The summed E-state index contributed by atoms with van der Waals surface area (Å²) in [6.45, 7) is 4.27. The maximum absolute atomic E-state index is 6.02. The second-order valence-corrected chi connectivity index (χ2v) is 7.59. The first-order chi connectivity index (χ1) is 13.6. The van der Waals surface area contributed by atoms with Gasteiger partial charge in [-0.2, -0.15) is 5.10 Å². The molecule has 1 aromatic carbocycles. The van der Waals surface area contributed by atoms with Crippen LogP contribution in [0.4, 0.5) is 17.1 Å². The lowest BCUT2D eigenvalue weighted by molar-refractivity contribution is 0.381. The third kappa shape index (κ3) is 4.13. The largest absolute Gasteiger partial charge is 0.399 e. The zero-order chi connectivity index (χ0) is 19.5. The van der Waals surface area contributed by atoms with Crippen LogP contribution in [-0.2, 0) is 0 Å². The molecule has 0 atom stereocenters. The normalized spacial score (nSPS) is 17.8. The molecule has 1 aromatic heterocycles. The monoisotopic (exact) mass is 415 g/mol. The van der Waals surface area contributed by atoms with Crippen LogP contribution in [0.25, 0.3) is 0 Å². The third-order valence-corrected chi connectivity index (χ3v) is 5.47. The van der Waals surface area contributed by atoms with E-state index in [9.17, 15) is 0 Å². The first-order valence-corrected chi connectivity index (χ1v) is 10.0. The van der Waals surface area contributed by atoms with E-state index in [0.717, 1.165) is 61.9 Å². The summed E-state index contributed by atoms with van der Waals surface area (Å²) < 4.78 is 0. The number of hydrazone groups is 1. The lowest BCUT2D eigenvalue weighted by Gasteiger charge is -2.37. The van der Waals surface area contributed by atoms with Gasteiger partial charge in [0.2, 0.25) is 0 Å². The van der Waals surface area contributed by atoms with Crippen molar-refractivity contribution >= 4 is 51.7 Å². The number of thiocarbonyl (C=S) groups is 1. The SMILES string of the molecule is Nc1ccc(N2CCN(C(=S)N/N=C3/CCNc4cc(Cl)cnc43)CC2)cc1. The summed E-state index contributed by atoms with van der Waals surface area (Å²) in [7, 11) is 0. The van der Waals surface area contributed by atoms with Gasteiger partial charge in [0.15, 0.2) is 5.11 Å². The molecule has 0 saturated carbocycles. The molecule has 0 radical (unpaired) electrons. The Labute approximate surface area is 174 Å². The summed E-state index contributed by atoms with van der Waals surface area (Å²) in [5.41, 5.74) is 13.4. The highest BCUT2D eigenvalue weighted by Crippen LogP contribution is 2.23. The van der Waals surface area contributed by atoms with Crippen LogP contribution >= 0.6 is 23.8 Å². The fraction of sp³-hybridized carbons (Fsp3) is 0.316. The van der Waals surface area contributed by atoms with E-state index in [2.05, 4.69) is 42.8 Å². The molecule has 1 fully saturated rings. The summed E-state index contributed by atoms with van der Waals surface area (Å²) in [5, 5.41) is 9.07. The van der Waals surface area contributed by atoms with Gasteiger partial charge in [0, 0.05) is 56.7 Å². The van der Waals surface area contributed by atoms with Crippen LogP contribution in [0.15, 0.2) is 41.6 Å². The number of hydrogen-bond acceptors (Lipinski definition) is 6. The topological polar surface area (TPSA) is 81.8 Å². The van der Waals surface area contributed by atoms with Crippen LogP contribution in [0.3, 0.4) is 0 Å². The molecule has 0 unspecified atom stereocenters. The molecular weight excluding hydrogens is 394 g/mol. The first kappa shape index (κ1) is 18.8. The second-order valence-electron chi connectivity index (χ2n) is 6.77. The molecule has 3 heterocycles. The Bertz CT molecular complexity index is 892. The fourth-order valence-electron chi connectivity index (χ4n) is 3.39. The van der Waals surface area contributed by atoms with Crippen molar-refractivity contribution in [2.24, 2.45) is 5.10 Å². The van der Waals surface area contributed by atoms with Crippen molar-refractivity contribution in [3.63, 3.8) is 0 Å². The lowest BCUT2D eigenvalue weighted by Crippen LogP contribution is -2.51. The van der Waals surface area contributed by atoms with Gasteiger partial charge < -0.3 is 20.9 Å². The van der Waals surface area contributed by atoms with Crippen molar-refractivity contribution in [2.45, 2.75) is 6.42 Å². The molecule has 1 saturated heterocycles. The van der Waals surface area contributed by atoms with E-state index in [4.69, 9.17) is 29.6 Å². The van der Waals surface area contributed by atoms with E-state index >= 15 is 0 Å². The number of aromatic nitrogens is 1. The average Bonchev–Trinajstić information content (AvgIpc) is 2.72. The van der Waals surface area contributed by atoms with Crippen LogP contribution < -0.4 is 21.4 Å². The van der Waals surface area contributed by atoms with Crippen LogP contribution in [0.2, 0.25) is 5.02 Å². The summed E-state index contributed by atoms with van der Waals surface area (Å²) >= 11 is 11.6. The van der Waals surface area contributed by atoms with Gasteiger partial charge in [-0.15, -0.1) is 0 Å². The Hall–Kier alpha value is -2.58. The number of nitrogens with two attached hydrogens (primary N) is 1. The minimum atomic E-state index is 0.606. The molecule has 9 heteroatoms. The van der Waals surface area contributed by atoms with Gasteiger partial charge in [-0.25, -0.2) is 0 Å². The van der Waals surface area contributed by atoms with E-state index in [1.54, 1.807) is 6.20 Å². The summed E-state index contributed by atoms with van der Waals surface area (Å²) in [4.78, 5) is 8.88. The Morgan fingerprint density at radius 3 is 2.71 bits per heavy atom. The summed E-state index contributed by atoms with van der Waals surface area (Å²) in [6.07, 6.45) is 2.42. The minimum absolute atomic E-state index is 0.606. The molecule has 0 bridgehead atoms. The fourth-order valence-corrected chi connectivity index (χ4v) is 3.77. The standard InChI is InChI=1S/C19H22ClN7S/c20-13-11-17-18(23-12-13)16(5-6-22-17)24-25-19(28)27-9-7-26(8-10-27)15-3-1-14(21)2-4-15/h1-4,11-12,22H,5-10,21H2,(H,25,28)/b24-16-. The number of nitrogens with zero attached hydrogens (tertiary/aromatic N) is 4. The Morgan fingerprint density at radius 1 is 1.21 bits per heavy atom. The molecule has 2 aliphatic heterocycles. The van der Waals surface area contributed by atoms with Crippen LogP contribution in [-0.4, -0.2) is 53.4 Å². The molecule has 4 rings (SSSR count). The maximum Gasteiger partial charge on any atom is 0.189 e. The molecule has 0 aliphatic carbocycles. The molecular formula is C19H22ClN7S. The molecule has 28 heavy (non-hydrogen) atoms. The van der Waals surface area contributed by atoms with E-state index in [1.165, 1.54) is 5.69 Å². The van der Waals surface area contributed by atoms with Gasteiger partial charge in [-0.05, 0) is 42.5 Å². The van der Waals surface area contributed by atoms with Crippen molar-refractivity contribution in [1.29, 1.82) is 0 Å². The zero-order valence-electron chi connectivity index (χ0n) is 15.4. The highest BCUT2D eigenvalue weighted by molar-refractivity contribution is 7.80. The number of fused-ring (bicyclic) bond motifs is 1. The van der Waals surface area contributed by atoms with E-state index in [1.807, 2.05) is 18.2 Å². The number of anilines is 3. The van der Waals surface area contributed by atoms with E-state index in [-0.39, 0.29) is 0 Å². The molecule has 2 aromatic rings. The average molecular weight is 416 g/mol. The van der Waals surface area contributed by atoms with E-state index in [0.29, 0.717) is 10.1 Å². The summed E-state index contributed by atoms with van der Waals surface area (Å²) in [5.74, 6) is 0. The smallest absolute Gasteiger partial charge is 0.189 e. The second kappa shape index (κ2) is 8.20. The van der Waals surface area contributed by atoms with Crippen molar-refractivity contribution in [3.8, 4) is 0 Å². The Kier molecular flexibility index (Phi) is 5.50. The minimum Gasteiger partial charge on any atom is -0.399 e. The van der Waals surface area contributed by atoms with Gasteiger partial charge >= 0.3 is 0 Å². The number of rotatable bonds is 2. The van der Waals surface area contributed by atoms with Gasteiger partial charge in [0.05, 0.1) is 16.4 Å². The van der Waals surface area contributed by atoms with Crippen molar-refractivity contribution in [2.75, 3.05) is 48.7 Å². The predicted octanol–water partition coefficient (Wildman–Crippen LogP) is 2.53. The molecule has 0 spiro atoms. The number of halogens is 1. The van der Waals surface area contributed by atoms with Crippen LogP contribution in [0.5, 0.6) is 0 Å². The first-order valence-electron chi connectivity index (χ1n) is 9.22. The zero-order valence-corrected chi connectivity index (χ0v) is 16.9. The lowest BCUT2D eigenvalue weighted by atomic mass is 10.1. The van der Waals surface area contributed by atoms with E-state index < -0.39 is 0 Å². The quantitative estimate of drug-likeness (QED) is 0.395. The highest BCUT2D eigenvalue weighted by Gasteiger charge is 2.20. The predicted molar refractivity (Wildman–Crippen MR) is 119 cm³/mol. The molecule has 2 aliphatic rings. The summed E-state index contributed by atoms with van der Waals surface area (Å²) in [6, 6.07) is 9.85. The molecule has 146 valence electrons. The molecule has 7 nitrogen and oxygen atoms in total. The number of pyridine rings is 1. The van der Waals surface area contributed by atoms with Crippen molar-refractivity contribution < 1.29 is 0 Å². The maximum atomic E-state index is 6.02. The van der Waals surface area contributed by atoms with Gasteiger partial charge in [-0.1, -0.05) is 11.6 Å². The number of benzene rings is 1. The highest BCUT2D eigenvalue weighted by atomic mass is 35.5. The number of nitrogen functional groups attached to an aromatic ring is 1. The molecule has 0 amide bonds. The van der Waals surface area contributed by atoms with Crippen molar-refractivity contribution in [1.82, 2.24) is 15.3 Å². The molecule has 4 N–H and O–H groups in total. The van der Waals surface area contributed by atoms with Gasteiger partial charge in [-0.3, -0.25) is 10.4 Å². The van der Waals surface area contributed by atoms with Crippen LogP contribution in [0.1, 0.15) is 12.1 Å². The van der Waals surface area contributed by atoms with Gasteiger partial charge in [0.1, 0.15) is 5.69 Å². The van der Waals surface area contributed by atoms with Gasteiger partial charge in [0.25, 0.3) is 0 Å². The third-order valence-electron chi connectivity index (χ3n) is 4.92. The van der Waals surface area contributed by atoms with Crippen LogP contribution in [0, 0.1) is 0 Å². The Morgan fingerprint density at radius 2 is 1.96 bits per heavy atom. The Balaban J connectivity index is 1.35. The number of piperazine rings is 1. The number of nitrogens with one attached hydrogen (secondary N) is 2.